The van der Waals surface area contributed by atoms with Gasteiger partial charge < -0.3 is 15.4 Å². The Hall–Kier alpha value is -2.59. The smallest absolute Gasteiger partial charge is 0.338 e. The molecule has 1 aromatic heterocycles. The average molecular weight is 495 g/mol. The number of amidine groups is 1. The van der Waals surface area contributed by atoms with E-state index < -0.39 is 17.8 Å². The summed E-state index contributed by atoms with van der Waals surface area (Å²) in [5, 5.41) is 8.34. The van der Waals surface area contributed by atoms with Gasteiger partial charge in [0.25, 0.3) is 0 Å². The first-order chi connectivity index (χ1) is 14.4. The van der Waals surface area contributed by atoms with E-state index >= 15 is 0 Å². The Labute approximate surface area is 185 Å². The first kappa shape index (κ1) is 22.1. The lowest BCUT2D eigenvalue weighted by Crippen LogP contribution is -2.39. The molecular weight excluding hydrogens is 475 g/mol. The first-order valence-electron chi connectivity index (χ1n) is 9.31. The Morgan fingerprint density at radius 3 is 2.80 bits per heavy atom. The fourth-order valence-corrected chi connectivity index (χ4v) is 4.05. The minimum Gasteiger partial charge on any atom is -0.463 e. The first-order valence-corrected chi connectivity index (χ1v) is 11.0. The lowest BCUT2D eigenvalue weighted by molar-refractivity contribution is -0.139. The number of amides is 1. The third-order valence-corrected chi connectivity index (χ3v) is 5.76. The number of nitrogens with one attached hydrogen (secondary N) is 2. The number of hydrogen-bond donors (Lipinski definition) is 2. The van der Waals surface area contributed by atoms with E-state index in [-0.39, 0.29) is 24.6 Å². The number of aromatic nitrogens is 1. The molecule has 1 unspecified atom stereocenters. The normalized spacial score (nSPS) is 16.0. The summed E-state index contributed by atoms with van der Waals surface area (Å²) < 4.78 is 19.4. The number of halogens is 2. The SMILES string of the molecule is CCOC(=O)C1=C(CNC(=O)CC)NC(c2nccs2)=NC1c1ccc(F)cc1Br. The summed E-state index contributed by atoms with van der Waals surface area (Å²) in [6, 6.07) is 3.42. The summed E-state index contributed by atoms with van der Waals surface area (Å²) in [7, 11) is 0. The highest BCUT2D eigenvalue weighted by Crippen LogP contribution is 2.36. The molecule has 158 valence electrons. The van der Waals surface area contributed by atoms with E-state index in [1.54, 1.807) is 26.1 Å². The molecule has 3 rings (SSSR count). The number of hydrogen-bond acceptors (Lipinski definition) is 7. The minimum absolute atomic E-state index is 0.0839. The predicted octanol–water partition coefficient (Wildman–Crippen LogP) is 3.48. The highest BCUT2D eigenvalue weighted by molar-refractivity contribution is 9.10. The Morgan fingerprint density at radius 1 is 1.37 bits per heavy atom. The van der Waals surface area contributed by atoms with Crippen LogP contribution in [-0.2, 0) is 14.3 Å². The number of benzene rings is 1. The Balaban J connectivity index is 2.13. The van der Waals surface area contributed by atoms with E-state index in [0.29, 0.717) is 33.0 Å². The van der Waals surface area contributed by atoms with Crippen molar-refractivity contribution in [2.24, 2.45) is 4.99 Å². The van der Waals surface area contributed by atoms with Crippen LogP contribution in [0.3, 0.4) is 0 Å². The van der Waals surface area contributed by atoms with E-state index in [1.165, 1.54) is 23.5 Å². The quantitative estimate of drug-likeness (QED) is 0.574. The molecule has 0 radical (unpaired) electrons. The zero-order valence-corrected chi connectivity index (χ0v) is 18.8. The molecule has 0 fully saturated rings. The van der Waals surface area contributed by atoms with Crippen LogP contribution < -0.4 is 10.6 Å². The number of aliphatic imine (C=N–C) groups is 1. The number of carbonyl (C=O) groups is 2. The van der Waals surface area contributed by atoms with E-state index in [2.05, 4.69) is 31.5 Å². The molecule has 0 aliphatic carbocycles. The maximum absolute atomic E-state index is 13.7. The molecule has 1 aromatic carbocycles. The van der Waals surface area contributed by atoms with Crippen LogP contribution in [0.1, 0.15) is 36.9 Å². The minimum atomic E-state index is -0.771. The van der Waals surface area contributed by atoms with Crippen LogP contribution in [0, 0.1) is 5.82 Å². The predicted molar refractivity (Wildman–Crippen MR) is 116 cm³/mol. The van der Waals surface area contributed by atoms with Crippen molar-refractivity contribution in [3.05, 3.63) is 61.9 Å². The van der Waals surface area contributed by atoms with E-state index in [1.807, 2.05) is 5.38 Å². The fraction of sp³-hybridized carbons (Fsp3) is 0.300. The number of ether oxygens (including phenoxy) is 1. The second-order valence-electron chi connectivity index (χ2n) is 6.25. The zero-order chi connectivity index (χ0) is 21.7. The fourth-order valence-electron chi connectivity index (χ4n) is 2.89. The molecule has 0 saturated heterocycles. The molecule has 1 aliphatic heterocycles. The number of nitrogens with zero attached hydrogens (tertiary/aromatic N) is 2. The van der Waals surface area contributed by atoms with Gasteiger partial charge in [0.15, 0.2) is 10.8 Å². The van der Waals surface area contributed by atoms with Crippen LogP contribution in [0.15, 0.2) is 50.5 Å². The standard InChI is InChI=1S/C20H20BrFN4O3S/c1-3-15(27)24-10-14-16(20(28)29-4-2)17(12-6-5-11(22)9-13(12)21)26-18(25-14)19-23-7-8-30-19/h5-9,17H,3-4,10H2,1-2H3,(H,24,27)(H,25,26). The maximum atomic E-state index is 13.7. The van der Waals surface area contributed by atoms with Crippen molar-refractivity contribution in [2.75, 3.05) is 13.2 Å². The van der Waals surface area contributed by atoms with E-state index in [9.17, 15) is 14.0 Å². The summed E-state index contributed by atoms with van der Waals surface area (Å²) >= 11 is 4.76. The summed E-state index contributed by atoms with van der Waals surface area (Å²) in [6.45, 7) is 3.71. The monoisotopic (exact) mass is 494 g/mol. The second-order valence-corrected chi connectivity index (χ2v) is 8.00. The van der Waals surface area contributed by atoms with Crippen LogP contribution in [0.2, 0.25) is 0 Å². The molecule has 7 nitrogen and oxygen atoms in total. The number of thiazole rings is 1. The van der Waals surface area contributed by atoms with Gasteiger partial charge in [-0.05, 0) is 24.6 Å². The van der Waals surface area contributed by atoms with Crippen LogP contribution in [-0.4, -0.2) is 35.8 Å². The van der Waals surface area contributed by atoms with Crippen molar-refractivity contribution < 1.29 is 18.7 Å². The second kappa shape index (κ2) is 9.94. The topological polar surface area (TPSA) is 92.7 Å². The summed E-state index contributed by atoms with van der Waals surface area (Å²) in [5.74, 6) is -0.681. The molecule has 1 atom stereocenters. The highest BCUT2D eigenvalue weighted by Gasteiger charge is 2.34. The van der Waals surface area contributed by atoms with Gasteiger partial charge in [0.1, 0.15) is 11.9 Å². The molecular formula is C20H20BrFN4O3S. The largest absolute Gasteiger partial charge is 0.463 e. The van der Waals surface area contributed by atoms with Gasteiger partial charge in [-0.1, -0.05) is 28.9 Å². The van der Waals surface area contributed by atoms with Crippen molar-refractivity contribution in [3.63, 3.8) is 0 Å². The molecule has 2 aromatic rings. The third-order valence-electron chi connectivity index (χ3n) is 4.30. The highest BCUT2D eigenvalue weighted by atomic mass is 79.9. The zero-order valence-electron chi connectivity index (χ0n) is 16.4. The summed E-state index contributed by atoms with van der Waals surface area (Å²) in [4.78, 5) is 33.7. The molecule has 1 aliphatic rings. The lowest BCUT2D eigenvalue weighted by Gasteiger charge is -2.27. The van der Waals surface area contributed by atoms with Crippen LogP contribution in [0.25, 0.3) is 0 Å². The van der Waals surface area contributed by atoms with Gasteiger partial charge in [-0.3, -0.25) is 9.79 Å². The van der Waals surface area contributed by atoms with Gasteiger partial charge in [0.2, 0.25) is 5.91 Å². The van der Waals surface area contributed by atoms with Crippen LogP contribution in [0.4, 0.5) is 4.39 Å². The Kier molecular flexibility index (Phi) is 7.33. The van der Waals surface area contributed by atoms with Gasteiger partial charge in [-0.25, -0.2) is 14.2 Å². The van der Waals surface area contributed by atoms with Crippen molar-refractivity contribution in [2.45, 2.75) is 26.3 Å². The van der Waals surface area contributed by atoms with Crippen molar-refractivity contribution in [1.29, 1.82) is 0 Å². The van der Waals surface area contributed by atoms with Crippen LogP contribution in [0.5, 0.6) is 0 Å². The number of esters is 1. The van der Waals surface area contributed by atoms with Gasteiger partial charge in [0.05, 0.1) is 18.7 Å². The molecule has 0 saturated carbocycles. The molecule has 0 bridgehead atoms. The summed E-state index contributed by atoms with van der Waals surface area (Å²) in [6.07, 6.45) is 1.96. The Bertz CT molecular complexity index is 1010. The number of carbonyl (C=O) groups excluding carboxylic acids is 2. The van der Waals surface area contributed by atoms with Crippen molar-refractivity contribution >= 4 is 45.0 Å². The van der Waals surface area contributed by atoms with Crippen LogP contribution >= 0.6 is 27.3 Å². The molecule has 30 heavy (non-hydrogen) atoms. The van der Waals surface area contributed by atoms with Crippen molar-refractivity contribution in [1.82, 2.24) is 15.6 Å². The number of rotatable bonds is 7. The molecule has 10 heteroatoms. The van der Waals surface area contributed by atoms with Gasteiger partial charge in [0, 0.05) is 28.2 Å². The van der Waals surface area contributed by atoms with E-state index in [0.717, 1.165) is 0 Å². The van der Waals surface area contributed by atoms with Gasteiger partial charge >= 0.3 is 5.97 Å². The maximum Gasteiger partial charge on any atom is 0.338 e. The lowest BCUT2D eigenvalue weighted by atomic mass is 9.95. The summed E-state index contributed by atoms with van der Waals surface area (Å²) in [5.41, 5.74) is 1.30. The van der Waals surface area contributed by atoms with Gasteiger partial charge in [-0.2, -0.15) is 0 Å². The average Bonchev–Trinajstić information content (AvgIpc) is 3.26. The van der Waals surface area contributed by atoms with Gasteiger partial charge in [-0.15, -0.1) is 11.3 Å². The van der Waals surface area contributed by atoms with E-state index in [4.69, 9.17) is 9.73 Å². The molecule has 1 amide bonds. The molecule has 2 heterocycles. The van der Waals surface area contributed by atoms with Crippen molar-refractivity contribution in [3.8, 4) is 0 Å². The third kappa shape index (κ3) is 4.93. The molecule has 0 spiro atoms. The Morgan fingerprint density at radius 2 is 2.17 bits per heavy atom. The molecule has 2 N–H and O–H groups in total.